The van der Waals surface area contributed by atoms with Gasteiger partial charge in [-0.15, -0.1) is 0 Å². The van der Waals surface area contributed by atoms with Crippen molar-refractivity contribution < 1.29 is 29.1 Å². The summed E-state index contributed by atoms with van der Waals surface area (Å²) in [6.45, 7) is 3.39. The molecule has 216 valence electrons. The van der Waals surface area contributed by atoms with Crippen molar-refractivity contribution in [2.75, 3.05) is 19.7 Å². The topological polar surface area (TPSA) is 282 Å². The Morgan fingerprint density at radius 3 is 1.76 bits per heavy atom. The van der Waals surface area contributed by atoms with Gasteiger partial charge in [0.05, 0.1) is 12.6 Å². The predicted octanol–water partition coefficient (Wildman–Crippen LogP) is -4.10. The molecule has 0 aliphatic carbocycles. The number of nitrogens with one attached hydrogen (secondary N) is 4. The van der Waals surface area contributed by atoms with Crippen LogP contribution in [0.3, 0.4) is 0 Å². The van der Waals surface area contributed by atoms with E-state index in [1.54, 1.807) is 0 Å². The van der Waals surface area contributed by atoms with Gasteiger partial charge in [-0.1, -0.05) is 13.8 Å². The Balaban J connectivity index is 5.39. The second-order valence-corrected chi connectivity index (χ2v) is 8.92. The Hall–Kier alpha value is -3.95. The minimum Gasteiger partial charge on any atom is -0.394 e. The first-order valence-corrected chi connectivity index (χ1v) is 12.2. The highest BCUT2D eigenvalue weighted by atomic mass is 16.3. The summed E-state index contributed by atoms with van der Waals surface area (Å²) in [6.07, 6.45) is 2.25. The van der Waals surface area contributed by atoms with Crippen molar-refractivity contribution in [2.24, 2.45) is 38.8 Å². The van der Waals surface area contributed by atoms with Gasteiger partial charge >= 0.3 is 0 Å². The summed E-state index contributed by atoms with van der Waals surface area (Å²) in [7, 11) is 0. The van der Waals surface area contributed by atoms with Crippen LogP contribution >= 0.6 is 0 Å². The number of guanidine groups is 2. The molecule has 0 aliphatic rings. The molecule has 4 amide bonds. The molecular formula is C22H42N10O6. The number of aliphatic hydroxyl groups excluding tert-OH is 1. The molecule has 16 heteroatoms. The van der Waals surface area contributed by atoms with Crippen molar-refractivity contribution in [1.29, 1.82) is 0 Å². The monoisotopic (exact) mass is 542 g/mol. The maximum Gasteiger partial charge on any atom is 0.245 e. The molecule has 0 saturated heterocycles. The molecule has 0 unspecified atom stereocenters. The van der Waals surface area contributed by atoms with E-state index in [9.17, 15) is 29.1 Å². The van der Waals surface area contributed by atoms with Crippen LogP contribution in [0.1, 0.15) is 46.0 Å². The number of hydrogen-bond acceptors (Lipinski definition) is 8. The Labute approximate surface area is 221 Å². The Morgan fingerprint density at radius 2 is 1.29 bits per heavy atom. The van der Waals surface area contributed by atoms with Crippen LogP contribution in [-0.4, -0.2) is 91.3 Å². The van der Waals surface area contributed by atoms with Crippen LogP contribution in [0.2, 0.25) is 0 Å². The van der Waals surface area contributed by atoms with E-state index in [0.29, 0.717) is 32.0 Å². The van der Waals surface area contributed by atoms with Gasteiger partial charge in [-0.25, -0.2) is 0 Å². The number of nitrogens with two attached hydrogens (primary N) is 4. The highest BCUT2D eigenvalue weighted by Gasteiger charge is 2.29. The molecule has 0 aromatic heterocycles. The minimum absolute atomic E-state index is 0.0695. The van der Waals surface area contributed by atoms with E-state index in [1.807, 2.05) is 13.8 Å². The van der Waals surface area contributed by atoms with E-state index in [0.717, 1.165) is 0 Å². The van der Waals surface area contributed by atoms with Crippen molar-refractivity contribution in [2.45, 2.75) is 70.1 Å². The van der Waals surface area contributed by atoms with Crippen LogP contribution in [0.15, 0.2) is 9.98 Å². The van der Waals surface area contributed by atoms with Gasteiger partial charge < -0.3 is 54.1 Å². The minimum atomic E-state index is -1.40. The van der Waals surface area contributed by atoms with Gasteiger partial charge in [-0.2, -0.15) is 0 Å². The average Bonchev–Trinajstić information content (AvgIpc) is 2.84. The zero-order valence-corrected chi connectivity index (χ0v) is 21.9. The number of aldehydes is 1. The average molecular weight is 543 g/mol. The standard InChI is InChI=1S/C22H42N10O6/c1-13(2)9-16(29-12-35)19(37)31-15(6-4-8-28-22(25)26)18(36)32-17(11-34)20(38)30-14(10-33)5-3-7-27-21(23)24/h10,12-17,34H,3-9,11H2,1-2H3,(H,29,35)(H,30,38)(H,31,37)(H,32,36)(H4,23,24,27)(H4,25,26,28)/t14-,15-,16-,17-/m0/s1. The number of aliphatic imine (C=N–C) groups is 2. The number of nitrogens with zero attached hydrogens (tertiary/aromatic N) is 2. The van der Waals surface area contributed by atoms with Gasteiger partial charge in [0, 0.05) is 13.1 Å². The largest absolute Gasteiger partial charge is 0.394 e. The fourth-order valence-corrected chi connectivity index (χ4v) is 3.29. The van der Waals surface area contributed by atoms with Gasteiger partial charge in [-0.3, -0.25) is 29.2 Å². The first-order valence-electron chi connectivity index (χ1n) is 12.2. The summed E-state index contributed by atoms with van der Waals surface area (Å²) in [5.74, 6) is -2.33. The molecule has 0 aromatic carbocycles. The molecule has 0 radical (unpaired) electrons. The van der Waals surface area contributed by atoms with Crippen molar-refractivity contribution in [1.82, 2.24) is 21.3 Å². The summed E-state index contributed by atoms with van der Waals surface area (Å²) in [5.41, 5.74) is 21.1. The number of hydrogen-bond donors (Lipinski definition) is 9. The Morgan fingerprint density at radius 1 is 0.789 bits per heavy atom. The SMILES string of the molecule is CC(C)C[C@H](NC=O)C(=O)N[C@@H](CCCN=C(N)N)C(=O)N[C@@H](CO)C(=O)N[C@H](C=O)CCCN=C(N)N. The molecule has 38 heavy (non-hydrogen) atoms. The van der Waals surface area contributed by atoms with E-state index < -0.39 is 48.5 Å². The van der Waals surface area contributed by atoms with Crippen LogP contribution < -0.4 is 44.2 Å². The highest BCUT2D eigenvalue weighted by Crippen LogP contribution is 2.07. The van der Waals surface area contributed by atoms with E-state index >= 15 is 0 Å². The zero-order valence-electron chi connectivity index (χ0n) is 21.9. The van der Waals surface area contributed by atoms with Crippen LogP contribution in [0, 0.1) is 5.92 Å². The summed E-state index contributed by atoms with van der Waals surface area (Å²) in [5, 5.41) is 19.5. The molecule has 16 nitrogen and oxygen atoms in total. The van der Waals surface area contributed by atoms with Gasteiger partial charge in [0.1, 0.15) is 24.4 Å². The van der Waals surface area contributed by atoms with E-state index in [2.05, 4.69) is 31.3 Å². The smallest absolute Gasteiger partial charge is 0.245 e. The van der Waals surface area contributed by atoms with Crippen molar-refractivity contribution in [3.63, 3.8) is 0 Å². The molecule has 0 rings (SSSR count). The van der Waals surface area contributed by atoms with Crippen LogP contribution in [-0.2, 0) is 24.0 Å². The number of carbonyl (C=O) groups excluding carboxylic acids is 5. The Bertz CT molecular complexity index is 827. The molecule has 0 aliphatic heterocycles. The normalized spacial score (nSPS) is 13.7. The van der Waals surface area contributed by atoms with Gasteiger partial charge in [0.2, 0.25) is 24.1 Å². The van der Waals surface area contributed by atoms with Crippen molar-refractivity contribution in [3.8, 4) is 0 Å². The van der Waals surface area contributed by atoms with Gasteiger partial charge in [0.25, 0.3) is 0 Å². The van der Waals surface area contributed by atoms with Crippen LogP contribution in [0.4, 0.5) is 0 Å². The molecule has 4 atom stereocenters. The maximum atomic E-state index is 13.0. The lowest BCUT2D eigenvalue weighted by Crippen LogP contribution is -2.58. The summed E-state index contributed by atoms with van der Waals surface area (Å²) in [6, 6.07) is -4.32. The first-order chi connectivity index (χ1) is 17.9. The second-order valence-electron chi connectivity index (χ2n) is 8.92. The van der Waals surface area contributed by atoms with E-state index in [4.69, 9.17) is 22.9 Å². The van der Waals surface area contributed by atoms with Crippen molar-refractivity contribution >= 4 is 42.3 Å². The molecule has 0 fully saturated rings. The quantitative estimate of drug-likeness (QED) is 0.0310. The Kier molecular flexibility index (Phi) is 17.2. The van der Waals surface area contributed by atoms with Crippen LogP contribution in [0.5, 0.6) is 0 Å². The number of aliphatic hydroxyl groups is 1. The molecule has 0 heterocycles. The third kappa shape index (κ3) is 15.2. The molecular weight excluding hydrogens is 500 g/mol. The lowest BCUT2D eigenvalue weighted by molar-refractivity contribution is -0.134. The number of carbonyl (C=O) groups is 5. The molecule has 0 bridgehead atoms. The number of rotatable bonds is 20. The van der Waals surface area contributed by atoms with Crippen LogP contribution in [0.25, 0.3) is 0 Å². The fraction of sp³-hybridized carbons (Fsp3) is 0.682. The molecule has 0 spiro atoms. The summed E-state index contributed by atoms with van der Waals surface area (Å²) >= 11 is 0. The maximum absolute atomic E-state index is 13.0. The first kappa shape index (κ1) is 34.0. The van der Waals surface area contributed by atoms with E-state index in [1.165, 1.54) is 0 Å². The third-order valence-corrected chi connectivity index (χ3v) is 5.15. The van der Waals surface area contributed by atoms with E-state index in [-0.39, 0.29) is 43.8 Å². The molecule has 0 aromatic rings. The third-order valence-electron chi connectivity index (χ3n) is 5.15. The predicted molar refractivity (Wildman–Crippen MR) is 141 cm³/mol. The molecule has 0 saturated carbocycles. The lowest BCUT2D eigenvalue weighted by atomic mass is 10.0. The zero-order chi connectivity index (χ0) is 29.1. The molecule has 13 N–H and O–H groups in total. The fourth-order valence-electron chi connectivity index (χ4n) is 3.29. The van der Waals surface area contributed by atoms with Gasteiger partial charge in [-0.05, 0) is 38.0 Å². The second kappa shape index (κ2) is 19.2. The van der Waals surface area contributed by atoms with Gasteiger partial charge in [0.15, 0.2) is 11.9 Å². The highest BCUT2D eigenvalue weighted by molar-refractivity contribution is 5.94. The summed E-state index contributed by atoms with van der Waals surface area (Å²) < 4.78 is 0. The summed E-state index contributed by atoms with van der Waals surface area (Å²) in [4.78, 5) is 68.4. The lowest BCUT2D eigenvalue weighted by Gasteiger charge is -2.25. The number of amides is 4. The van der Waals surface area contributed by atoms with Crippen molar-refractivity contribution in [3.05, 3.63) is 0 Å².